The van der Waals surface area contributed by atoms with Gasteiger partial charge >= 0.3 is 0 Å². The van der Waals surface area contributed by atoms with Crippen LogP contribution in [0.25, 0.3) is 0 Å². The molecule has 14 heavy (non-hydrogen) atoms. The summed E-state index contributed by atoms with van der Waals surface area (Å²) in [4.78, 5) is 0. The molecule has 2 unspecified atom stereocenters. The highest BCUT2D eigenvalue weighted by atomic mass is 16.3. The average molecular weight is 195 g/mol. The molecule has 1 rings (SSSR count). The van der Waals surface area contributed by atoms with E-state index in [4.69, 9.17) is 0 Å². The third kappa shape index (κ3) is 3.69. The molecule has 0 amide bonds. The SMILES string of the molecule is CC#CCCNC1CCCCC1CO. The quantitative estimate of drug-likeness (QED) is 0.527. The fraction of sp³-hybridized carbons (Fsp3) is 0.833. The van der Waals surface area contributed by atoms with Gasteiger partial charge in [-0.3, -0.25) is 0 Å². The normalized spacial score (nSPS) is 26.7. The summed E-state index contributed by atoms with van der Waals surface area (Å²) in [6.07, 6.45) is 5.88. The van der Waals surface area contributed by atoms with Crippen molar-refractivity contribution in [1.29, 1.82) is 0 Å². The zero-order valence-electron chi connectivity index (χ0n) is 9.05. The lowest BCUT2D eigenvalue weighted by molar-refractivity contribution is 0.154. The molecule has 2 atom stereocenters. The smallest absolute Gasteiger partial charge is 0.0474 e. The van der Waals surface area contributed by atoms with Crippen molar-refractivity contribution < 1.29 is 5.11 Å². The summed E-state index contributed by atoms with van der Waals surface area (Å²) in [7, 11) is 0. The maximum absolute atomic E-state index is 9.20. The van der Waals surface area contributed by atoms with E-state index in [1.807, 2.05) is 6.92 Å². The topological polar surface area (TPSA) is 32.3 Å². The van der Waals surface area contributed by atoms with E-state index >= 15 is 0 Å². The van der Waals surface area contributed by atoms with Crippen molar-refractivity contribution >= 4 is 0 Å². The third-order valence-electron chi connectivity index (χ3n) is 2.98. The van der Waals surface area contributed by atoms with Crippen molar-refractivity contribution in [3.63, 3.8) is 0 Å². The lowest BCUT2D eigenvalue weighted by Gasteiger charge is -2.30. The molecule has 0 heterocycles. The van der Waals surface area contributed by atoms with Crippen LogP contribution in [0.15, 0.2) is 0 Å². The summed E-state index contributed by atoms with van der Waals surface area (Å²) in [5.74, 6) is 6.41. The van der Waals surface area contributed by atoms with Crippen LogP contribution < -0.4 is 5.32 Å². The Bertz CT molecular complexity index is 204. The van der Waals surface area contributed by atoms with Crippen molar-refractivity contribution in [2.24, 2.45) is 5.92 Å². The first-order valence-corrected chi connectivity index (χ1v) is 5.62. The molecule has 2 N–H and O–H groups in total. The summed E-state index contributed by atoms with van der Waals surface area (Å²) in [5.41, 5.74) is 0. The molecule has 1 aliphatic carbocycles. The zero-order valence-corrected chi connectivity index (χ0v) is 9.05. The van der Waals surface area contributed by atoms with E-state index in [0.29, 0.717) is 18.6 Å². The van der Waals surface area contributed by atoms with Crippen molar-refractivity contribution in [2.75, 3.05) is 13.2 Å². The summed E-state index contributed by atoms with van der Waals surface area (Å²) < 4.78 is 0. The van der Waals surface area contributed by atoms with Gasteiger partial charge in [-0.2, -0.15) is 0 Å². The molecule has 0 aromatic carbocycles. The molecule has 0 aromatic rings. The maximum atomic E-state index is 9.20. The molecule has 2 heteroatoms. The molecule has 80 valence electrons. The third-order valence-corrected chi connectivity index (χ3v) is 2.98. The monoisotopic (exact) mass is 195 g/mol. The standard InChI is InChI=1S/C12H21NO/c1-2-3-6-9-13-12-8-5-4-7-11(12)10-14/h11-14H,4-10H2,1H3. The first kappa shape index (κ1) is 11.6. The van der Waals surface area contributed by atoms with Gasteiger partial charge in [0.2, 0.25) is 0 Å². The van der Waals surface area contributed by atoms with Gasteiger partial charge in [-0.25, -0.2) is 0 Å². The largest absolute Gasteiger partial charge is 0.396 e. The van der Waals surface area contributed by atoms with Crippen LogP contribution in [0.3, 0.4) is 0 Å². The van der Waals surface area contributed by atoms with Crippen LogP contribution >= 0.6 is 0 Å². The number of nitrogens with one attached hydrogen (secondary N) is 1. The Labute approximate surface area is 87.1 Å². The highest BCUT2D eigenvalue weighted by molar-refractivity contribution is 4.95. The van der Waals surface area contributed by atoms with E-state index in [0.717, 1.165) is 13.0 Å². The Morgan fingerprint density at radius 1 is 1.36 bits per heavy atom. The average Bonchev–Trinajstić information content (AvgIpc) is 2.25. The van der Waals surface area contributed by atoms with E-state index < -0.39 is 0 Å². The van der Waals surface area contributed by atoms with E-state index in [2.05, 4.69) is 17.2 Å². The number of aliphatic hydroxyl groups is 1. The lowest BCUT2D eigenvalue weighted by atomic mass is 9.85. The van der Waals surface area contributed by atoms with Gasteiger partial charge in [0.25, 0.3) is 0 Å². The van der Waals surface area contributed by atoms with Gasteiger partial charge in [0, 0.05) is 25.6 Å². The Kier molecular flexibility index (Phi) is 5.66. The molecular weight excluding hydrogens is 174 g/mol. The Balaban J connectivity index is 2.21. The van der Waals surface area contributed by atoms with Crippen LogP contribution in [-0.2, 0) is 0 Å². The summed E-state index contributed by atoms with van der Waals surface area (Å²) in [5, 5.41) is 12.7. The Hall–Kier alpha value is -0.520. The molecule has 0 spiro atoms. The van der Waals surface area contributed by atoms with Gasteiger partial charge in [0.05, 0.1) is 0 Å². The summed E-state index contributed by atoms with van der Waals surface area (Å²) in [6.45, 7) is 3.16. The highest BCUT2D eigenvalue weighted by Gasteiger charge is 2.23. The summed E-state index contributed by atoms with van der Waals surface area (Å²) in [6, 6.07) is 0.521. The van der Waals surface area contributed by atoms with E-state index in [1.165, 1.54) is 25.7 Å². The predicted octanol–water partition coefficient (Wildman–Crippen LogP) is 1.54. The van der Waals surface area contributed by atoms with Crippen molar-refractivity contribution in [1.82, 2.24) is 5.32 Å². The van der Waals surface area contributed by atoms with Gasteiger partial charge in [0.15, 0.2) is 0 Å². The lowest BCUT2D eigenvalue weighted by Crippen LogP contribution is -2.40. The van der Waals surface area contributed by atoms with Crippen molar-refractivity contribution in [3.8, 4) is 11.8 Å². The Morgan fingerprint density at radius 3 is 2.86 bits per heavy atom. The molecule has 2 nitrogen and oxygen atoms in total. The summed E-state index contributed by atoms with van der Waals surface area (Å²) >= 11 is 0. The van der Waals surface area contributed by atoms with Crippen LogP contribution in [0.1, 0.15) is 39.0 Å². The van der Waals surface area contributed by atoms with Crippen molar-refractivity contribution in [3.05, 3.63) is 0 Å². The minimum absolute atomic E-state index is 0.330. The highest BCUT2D eigenvalue weighted by Crippen LogP contribution is 2.23. The molecule has 1 fully saturated rings. The maximum Gasteiger partial charge on any atom is 0.0474 e. The fourth-order valence-corrected chi connectivity index (χ4v) is 2.14. The van der Waals surface area contributed by atoms with Gasteiger partial charge in [-0.1, -0.05) is 12.8 Å². The molecule has 0 aliphatic heterocycles. The molecule has 0 radical (unpaired) electrons. The second-order valence-electron chi connectivity index (χ2n) is 3.96. The predicted molar refractivity (Wildman–Crippen MR) is 58.9 cm³/mol. The zero-order chi connectivity index (χ0) is 10.2. The van der Waals surface area contributed by atoms with Crippen LogP contribution in [0.2, 0.25) is 0 Å². The van der Waals surface area contributed by atoms with Gasteiger partial charge in [0.1, 0.15) is 0 Å². The molecule has 1 saturated carbocycles. The molecule has 0 saturated heterocycles. The van der Waals surface area contributed by atoms with E-state index in [9.17, 15) is 5.11 Å². The minimum Gasteiger partial charge on any atom is -0.396 e. The molecular formula is C12H21NO. The second-order valence-corrected chi connectivity index (χ2v) is 3.96. The van der Waals surface area contributed by atoms with E-state index in [1.54, 1.807) is 0 Å². The molecule has 0 aromatic heterocycles. The number of rotatable bonds is 4. The molecule has 1 aliphatic rings. The van der Waals surface area contributed by atoms with Crippen LogP contribution in [0.5, 0.6) is 0 Å². The molecule has 0 bridgehead atoms. The van der Waals surface area contributed by atoms with Crippen LogP contribution in [-0.4, -0.2) is 24.3 Å². The minimum atomic E-state index is 0.330. The second kappa shape index (κ2) is 6.86. The number of aliphatic hydroxyl groups excluding tert-OH is 1. The first-order chi connectivity index (χ1) is 6.88. The van der Waals surface area contributed by atoms with Crippen molar-refractivity contribution in [2.45, 2.75) is 45.1 Å². The van der Waals surface area contributed by atoms with Gasteiger partial charge in [-0.15, -0.1) is 11.8 Å². The van der Waals surface area contributed by atoms with Gasteiger partial charge < -0.3 is 10.4 Å². The Morgan fingerprint density at radius 2 is 2.14 bits per heavy atom. The fourth-order valence-electron chi connectivity index (χ4n) is 2.14. The first-order valence-electron chi connectivity index (χ1n) is 5.62. The van der Waals surface area contributed by atoms with Gasteiger partial charge in [-0.05, 0) is 25.7 Å². The number of hydrogen-bond donors (Lipinski definition) is 2. The van der Waals surface area contributed by atoms with Crippen LogP contribution in [0.4, 0.5) is 0 Å². The van der Waals surface area contributed by atoms with Crippen LogP contribution in [0, 0.1) is 17.8 Å². The number of hydrogen-bond acceptors (Lipinski definition) is 2. The van der Waals surface area contributed by atoms with E-state index in [-0.39, 0.29) is 0 Å².